The van der Waals surface area contributed by atoms with Gasteiger partial charge in [-0.3, -0.25) is 9.59 Å². The number of carbonyl (C=O) groups is 2. The van der Waals surface area contributed by atoms with Crippen molar-refractivity contribution in [1.82, 2.24) is 0 Å². The molecule has 1 atom stereocenters. The third-order valence-electron chi connectivity index (χ3n) is 3.61. The zero-order valence-electron chi connectivity index (χ0n) is 13.8. The maximum absolute atomic E-state index is 11.6. The Morgan fingerprint density at radius 2 is 1.71 bits per heavy atom. The van der Waals surface area contributed by atoms with Crippen molar-refractivity contribution >= 4 is 24.2 Å². The van der Waals surface area contributed by atoms with Crippen molar-refractivity contribution in [2.24, 2.45) is 5.73 Å². The van der Waals surface area contributed by atoms with E-state index in [9.17, 15) is 9.59 Å². The molecular formula is C19H22ClNO3. The average Bonchev–Trinajstić information content (AvgIpc) is 2.55. The number of rotatable bonds is 6. The summed E-state index contributed by atoms with van der Waals surface area (Å²) in [6.45, 7) is 3.67. The lowest BCUT2D eigenvalue weighted by atomic mass is 9.97. The van der Waals surface area contributed by atoms with Crippen LogP contribution in [-0.4, -0.2) is 18.4 Å². The van der Waals surface area contributed by atoms with E-state index < -0.39 is 6.04 Å². The molecule has 0 saturated heterocycles. The molecule has 2 N–H and O–H groups in total. The molecule has 4 nitrogen and oxygen atoms in total. The Kier molecular flexibility index (Phi) is 7.62. The first-order chi connectivity index (χ1) is 11.0. The average molecular weight is 348 g/mol. The van der Waals surface area contributed by atoms with Gasteiger partial charge in [0.1, 0.15) is 0 Å². The normalized spacial score (nSPS) is 11.3. The van der Waals surface area contributed by atoms with Crippen LogP contribution in [0.1, 0.15) is 42.2 Å². The van der Waals surface area contributed by atoms with Crippen molar-refractivity contribution in [3.8, 4) is 11.1 Å². The molecule has 0 aliphatic heterocycles. The lowest BCUT2D eigenvalue weighted by Crippen LogP contribution is -2.17. The second-order valence-electron chi connectivity index (χ2n) is 5.38. The van der Waals surface area contributed by atoms with Gasteiger partial charge in [-0.2, -0.15) is 0 Å². The first-order valence-corrected chi connectivity index (χ1v) is 7.63. The molecule has 5 heteroatoms. The summed E-state index contributed by atoms with van der Waals surface area (Å²) in [6, 6.07) is 14.7. The van der Waals surface area contributed by atoms with Crippen molar-refractivity contribution in [2.45, 2.75) is 26.3 Å². The fourth-order valence-electron chi connectivity index (χ4n) is 2.38. The monoisotopic (exact) mass is 347 g/mol. The molecule has 0 heterocycles. The fraction of sp³-hybridized carbons (Fsp3) is 0.263. The summed E-state index contributed by atoms with van der Waals surface area (Å²) in [6.07, 6.45) is 0.144. The molecule has 0 radical (unpaired) electrons. The highest BCUT2D eigenvalue weighted by Gasteiger charge is 2.13. The molecule has 0 aliphatic rings. The predicted octanol–water partition coefficient (Wildman–Crippen LogP) is 3.93. The first-order valence-electron chi connectivity index (χ1n) is 7.63. The Morgan fingerprint density at radius 1 is 1.08 bits per heavy atom. The number of nitrogens with two attached hydrogens (primary N) is 1. The fourth-order valence-corrected chi connectivity index (χ4v) is 2.38. The number of hydrogen-bond donors (Lipinski definition) is 1. The summed E-state index contributed by atoms with van der Waals surface area (Å²) >= 11 is 0. The van der Waals surface area contributed by atoms with Gasteiger partial charge in [0.25, 0.3) is 0 Å². The van der Waals surface area contributed by atoms with Crippen LogP contribution in [0.5, 0.6) is 0 Å². The van der Waals surface area contributed by atoms with Crippen molar-refractivity contribution < 1.29 is 14.3 Å². The summed E-state index contributed by atoms with van der Waals surface area (Å²) < 4.78 is 4.93. The number of ketones is 1. The standard InChI is InChI=1S/C19H21NO3.ClH/c1-3-23-19(22)12-18(20)17-9-5-8-16(11-17)15-7-4-6-14(10-15)13(2)21;/h4-11,18H,3,12,20H2,1-2H3;1H. The van der Waals surface area contributed by atoms with E-state index in [1.165, 1.54) is 0 Å². The van der Waals surface area contributed by atoms with Crippen LogP contribution in [0.4, 0.5) is 0 Å². The van der Waals surface area contributed by atoms with Crippen LogP contribution in [0.25, 0.3) is 11.1 Å². The van der Waals surface area contributed by atoms with Gasteiger partial charge in [0.15, 0.2) is 5.78 Å². The molecule has 2 aromatic carbocycles. The number of benzene rings is 2. The van der Waals surface area contributed by atoms with Gasteiger partial charge in [0, 0.05) is 11.6 Å². The van der Waals surface area contributed by atoms with Gasteiger partial charge in [-0.25, -0.2) is 0 Å². The minimum Gasteiger partial charge on any atom is -0.466 e. The molecule has 0 saturated carbocycles. The number of Topliss-reactive ketones (excluding diaryl/α,β-unsaturated/α-hetero) is 1. The van der Waals surface area contributed by atoms with Gasteiger partial charge in [0.2, 0.25) is 0 Å². The van der Waals surface area contributed by atoms with E-state index in [4.69, 9.17) is 10.5 Å². The molecule has 0 amide bonds. The van der Waals surface area contributed by atoms with Crippen LogP contribution in [0.3, 0.4) is 0 Å². The summed E-state index contributed by atoms with van der Waals surface area (Å²) in [5.74, 6) is -0.272. The van der Waals surface area contributed by atoms with E-state index in [1.54, 1.807) is 19.9 Å². The van der Waals surface area contributed by atoms with Crippen LogP contribution < -0.4 is 5.73 Å². The summed E-state index contributed by atoms with van der Waals surface area (Å²) in [5, 5.41) is 0. The van der Waals surface area contributed by atoms with Crippen molar-refractivity contribution in [1.29, 1.82) is 0 Å². The molecule has 0 aliphatic carbocycles. The van der Waals surface area contributed by atoms with E-state index in [2.05, 4.69) is 0 Å². The summed E-state index contributed by atoms with van der Waals surface area (Å²) in [5.41, 5.74) is 9.54. The molecule has 2 rings (SSSR count). The van der Waals surface area contributed by atoms with E-state index in [-0.39, 0.29) is 30.6 Å². The van der Waals surface area contributed by atoms with Crippen molar-refractivity contribution in [3.05, 3.63) is 59.7 Å². The van der Waals surface area contributed by atoms with E-state index >= 15 is 0 Å². The molecule has 24 heavy (non-hydrogen) atoms. The quantitative estimate of drug-likeness (QED) is 0.635. The van der Waals surface area contributed by atoms with E-state index in [0.717, 1.165) is 16.7 Å². The number of ether oxygens (including phenoxy) is 1. The summed E-state index contributed by atoms with van der Waals surface area (Å²) in [4.78, 5) is 23.1. The molecule has 0 spiro atoms. The molecule has 0 aromatic heterocycles. The lowest BCUT2D eigenvalue weighted by Gasteiger charge is -2.13. The van der Waals surface area contributed by atoms with Gasteiger partial charge in [0.05, 0.1) is 13.0 Å². The summed E-state index contributed by atoms with van der Waals surface area (Å²) in [7, 11) is 0. The zero-order valence-corrected chi connectivity index (χ0v) is 14.6. The first kappa shape index (κ1) is 19.9. The smallest absolute Gasteiger partial charge is 0.307 e. The second kappa shape index (κ2) is 9.21. The third-order valence-corrected chi connectivity index (χ3v) is 3.61. The van der Waals surface area contributed by atoms with E-state index in [0.29, 0.717) is 12.2 Å². The van der Waals surface area contributed by atoms with Crippen molar-refractivity contribution in [3.63, 3.8) is 0 Å². The highest BCUT2D eigenvalue weighted by atomic mass is 35.5. The number of halogens is 1. The van der Waals surface area contributed by atoms with Gasteiger partial charge < -0.3 is 10.5 Å². The Morgan fingerprint density at radius 3 is 2.33 bits per heavy atom. The van der Waals surface area contributed by atoms with Gasteiger partial charge in [-0.1, -0.05) is 36.4 Å². The SMILES string of the molecule is CCOC(=O)CC(N)c1cccc(-c2cccc(C(C)=O)c2)c1.Cl. The van der Waals surface area contributed by atoms with Crippen LogP contribution in [-0.2, 0) is 9.53 Å². The Labute approximate surface area is 148 Å². The number of esters is 1. The molecule has 0 fully saturated rings. The van der Waals surface area contributed by atoms with Crippen LogP contribution in [0.15, 0.2) is 48.5 Å². The van der Waals surface area contributed by atoms with Crippen molar-refractivity contribution in [2.75, 3.05) is 6.61 Å². The predicted molar refractivity (Wildman–Crippen MR) is 97.3 cm³/mol. The minimum absolute atomic E-state index is 0. The van der Waals surface area contributed by atoms with Crippen LogP contribution in [0, 0.1) is 0 Å². The molecule has 2 aromatic rings. The maximum atomic E-state index is 11.6. The highest BCUT2D eigenvalue weighted by molar-refractivity contribution is 5.95. The third kappa shape index (κ3) is 5.18. The molecule has 1 unspecified atom stereocenters. The van der Waals surface area contributed by atoms with Crippen LogP contribution in [0.2, 0.25) is 0 Å². The highest BCUT2D eigenvalue weighted by Crippen LogP contribution is 2.25. The topological polar surface area (TPSA) is 69.4 Å². The molecule has 128 valence electrons. The Hall–Kier alpha value is -2.17. The number of carbonyl (C=O) groups excluding carboxylic acids is 2. The van der Waals surface area contributed by atoms with E-state index in [1.807, 2.05) is 42.5 Å². The molecule has 0 bridgehead atoms. The molecular weight excluding hydrogens is 326 g/mol. The lowest BCUT2D eigenvalue weighted by molar-refractivity contribution is -0.143. The van der Waals surface area contributed by atoms with Gasteiger partial charge in [-0.05, 0) is 42.7 Å². The largest absolute Gasteiger partial charge is 0.466 e. The zero-order chi connectivity index (χ0) is 16.8. The Bertz CT molecular complexity index is 715. The van der Waals surface area contributed by atoms with Gasteiger partial charge >= 0.3 is 5.97 Å². The minimum atomic E-state index is -0.412. The van der Waals surface area contributed by atoms with Gasteiger partial charge in [-0.15, -0.1) is 12.4 Å². The number of hydrogen-bond acceptors (Lipinski definition) is 4. The maximum Gasteiger partial charge on any atom is 0.307 e. The van der Waals surface area contributed by atoms with Crippen LogP contribution >= 0.6 is 12.4 Å². The Balaban J connectivity index is 0.00000288. The second-order valence-corrected chi connectivity index (χ2v) is 5.38.